The molecule has 0 atom stereocenters. The maximum atomic E-state index is 13.4. The molecule has 1 amide bonds. The van der Waals surface area contributed by atoms with Crippen LogP contribution < -0.4 is 5.32 Å². The number of aliphatic hydroxyl groups excluding tert-OH is 1. The molecule has 0 saturated heterocycles. The number of benzene rings is 1. The lowest BCUT2D eigenvalue weighted by Gasteiger charge is -2.15. The third-order valence-electron chi connectivity index (χ3n) is 3.44. The predicted molar refractivity (Wildman–Crippen MR) is 63.8 cm³/mol. The Hall–Kier alpha value is -1.62. The van der Waals surface area contributed by atoms with E-state index >= 15 is 0 Å². The Labute approximate surface area is 104 Å². The third-order valence-corrected chi connectivity index (χ3v) is 3.44. The first-order chi connectivity index (χ1) is 8.58. The molecule has 1 aliphatic rings. The quantitative estimate of drug-likeness (QED) is 0.743. The molecule has 18 heavy (non-hydrogen) atoms. The summed E-state index contributed by atoms with van der Waals surface area (Å²) in [5, 5.41) is 21.0. The lowest BCUT2D eigenvalue weighted by atomic mass is 10.0. The van der Waals surface area contributed by atoms with E-state index in [0.717, 1.165) is 18.9 Å². The van der Waals surface area contributed by atoms with E-state index < -0.39 is 11.7 Å². The second-order valence-corrected chi connectivity index (χ2v) is 4.79. The fourth-order valence-electron chi connectivity index (χ4n) is 2.02. The molecule has 4 nitrogen and oxygen atoms in total. The largest absolute Gasteiger partial charge is 0.507 e. The number of carbonyl (C=O) groups excluding carboxylic acids is 1. The van der Waals surface area contributed by atoms with Crippen molar-refractivity contribution in [2.24, 2.45) is 5.41 Å². The molecule has 0 spiro atoms. The molecule has 1 aromatic carbocycles. The SMILES string of the molecule is O=C(NCC1(CCO)CC1)c1c(O)cccc1F. The van der Waals surface area contributed by atoms with E-state index in [1.54, 1.807) is 0 Å². The maximum absolute atomic E-state index is 13.4. The van der Waals surface area contributed by atoms with E-state index in [-0.39, 0.29) is 23.3 Å². The number of rotatable bonds is 5. The van der Waals surface area contributed by atoms with Crippen LogP contribution in [0.5, 0.6) is 5.75 Å². The third kappa shape index (κ3) is 2.61. The predicted octanol–water partition coefficient (Wildman–Crippen LogP) is 1.42. The number of hydrogen-bond acceptors (Lipinski definition) is 3. The van der Waals surface area contributed by atoms with Gasteiger partial charge in [0, 0.05) is 13.2 Å². The van der Waals surface area contributed by atoms with Crippen LogP contribution in [-0.4, -0.2) is 29.3 Å². The molecule has 1 fully saturated rings. The number of halogens is 1. The van der Waals surface area contributed by atoms with E-state index in [1.807, 2.05) is 0 Å². The van der Waals surface area contributed by atoms with Gasteiger partial charge in [-0.25, -0.2) is 4.39 Å². The van der Waals surface area contributed by atoms with Crippen molar-refractivity contribution in [1.82, 2.24) is 5.32 Å². The zero-order chi connectivity index (χ0) is 13.2. The highest BCUT2D eigenvalue weighted by atomic mass is 19.1. The number of aromatic hydroxyl groups is 1. The van der Waals surface area contributed by atoms with E-state index in [2.05, 4.69) is 5.32 Å². The summed E-state index contributed by atoms with van der Waals surface area (Å²) < 4.78 is 13.4. The summed E-state index contributed by atoms with van der Waals surface area (Å²) in [5.41, 5.74) is -0.358. The Balaban J connectivity index is 2.00. The van der Waals surface area contributed by atoms with Crippen molar-refractivity contribution >= 4 is 5.91 Å². The highest BCUT2D eigenvalue weighted by Gasteiger charge is 2.42. The number of amides is 1. The van der Waals surface area contributed by atoms with Gasteiger partial charge in [-0.1, -0.05) is 6.07 Å². The molecule has 98 valence electrons. The summed E-state index contributed by atoms with van der Waals surface area (Å²) in [6.45, 7) is 0.487. The summed E-state index contributed by atoms with van der Waals surface area (Å²) >= 11 is 0. The van der Waals surface area contributed by atoms with Crippen molar-refractivity contribution < 1.29 is 19.4 Å². The zero-order valence-corrected chi connectivity index (χ0v) is 9.95. The van der Waals surface area contributed by atoms with Crippen LogP contribution in [-0.2, 0) is 0 Å². The Kier molecular flexibility index (Phi) is 3.52. The molecule has 2 rings (SSSR count). The smallest absolute Gasteiger partial charge is 0.258 e. The van der Waals surface area contributed by atoms with Crippen molar-refractivity contribution in [1.29, 1.82) is 0 Å². The average Bonchev–Trinajstić information content (AvgIpc) is 3.07. The van der Waals surface area contributed by atoms with Gasteiger partial charge in [0.2, 0.25) is 0 Å². The summed E-state index contributed by atoms with van der Waals surface area (Å²) in [4.78, 5) is 11.8. The molecule has 0 aliphatic heterocycles. The molecular formula is C13H16FNO3. The molecule has 1 aliphatic carbocycles. The van der Waals surface area contributed by atoms with Gasteiger partial charge in [0.15, 0.2) is 0 Å². The lowest BCUT2D eigenvalue weighted by Crippen LogP contribution is -2.31. The zero-order valence-electron chi connectivity index (χ0n) is 9.95. The molecule has 0 aromatic heterocycles. The number of phenolic OH excluding ortho intramolecular Hbond substituents is 1. The highest BCUT2D eigenvalue weighted by Crippen LogP contribution is 2.47. The van der Waals surface area contributed by atoms with Gasteiger partial charge >= 0.3 is 0 Å². The number of phenols is 1. The minimum atomic E-state index is -0.737. The van der Waals surface area contributed by atoms with Gasteiger partial charge in [-0.05, 0) is 36.8 Å². The van der Waals surface area contributed by atoms with Crippen LogP contribution in [0.1, 0.15) is 29.6 Å². The van der Waals surface area contributed by atoms with Gasteiger partial charge in [0.05, 0.1) is 0 Å². The van der Waals surface area contributed by atoms with E-state index in [9.17, 15) is 14.3 Å². The summed E-state index contributed by atoms with van der Waals surface area (Å²) in [6.07, 6.45) is 2.55. The fourth-order valence-corrected chi connectivity index (χ4v) is 2.02. The molecule has 0 unspecified atom stereocenters. The number of hydrogen-bond donors (Lipinski definition) is 3. The average molecular weight is 253 g/mol. The van der Waals surface area contributed by atoms with Crippen LogP contribution in [0.15, 0.2) is 18.2 Å². The van der Waals surface area contributed by atoms with Crippen LogP contribution in [0.3, 0.4) is 0 Å². The Bertz CT molecular complexity index is 437. The molecule has 3 N–H and O–H groups in total. The Morgan fingerprint density at radius 3 is 2.72 bits per heavy atom. The minimum absolute atomic E-state index is 0.0364. The first-order valence-corrected chi connectivity index (χ1v) is 5.94. The standard InChI is InChI=1S/C13H16FNO3/c14-9-2-1-3-10(17)11(9)12(18)15-8-13(4-5-13)6-7-16/h1-3,16-17H,4-8H2,(H,15,18). The lowest BCUT2D eigenvalue weighted by molar-refractivity contribution is 0.0934. The van der Waals surface area contributed by atoms with Crippen molar-refractivity contribution in [2.75, 3.05) is 13.2 Å². The normalized spacial score (nSPS) is 16.3. The van der Waals surface area contributed by atoms with Crippen molar-refractivity contribution in [3.63, 3.8) is 0 Å². The maximum Gasteiger partial charge on any atom is 0.258 e. The number of nitrogens with one attached hydrogen (secondary N) is 1. The molecule has 0 radical (unpaired) electrons. The van der Waals surface area contributed by atoms with E-state index in [4.69, 9.17) is 5.11 Å². The fraction of sp³-hybridized carbons (Fsp3) is 0.462. The van der Waals surface area contributed by atoms with Crippen molar-refractivity contribution in [2.45, 2.75) is 19.3 Å². The first kappa shape index (κ1) is 12.8. The molecular weight excluding hydrogens is 237 g/mol. The molecule has 0 bridgehead atoms. The van der Waals surface area contributed by atoms with Gasteiger partial charge < -0.3 is 15.5 Å². The summed E-state index contributed by atoms with van der Waals surface area (Å²) in [6, 6.07) is 3.75. The minimum Gasteiger partial charge on any atom is -0.507 e. The molecule has 1 saturated carbocycles. The van der Waals surface area contributed by atoms with Crippen LogP contribution >= 0.6 is 0 Å². The highest BCUT2D eigenvalue weighted by molar-refractivity contribution is 5.97. The topological polar surface area (TPSA) is 69.6 Å². The molecule has 1 aromatic rings. The van der Waals surface area contributed by atoms with Crippen LogP contribution in [0.4, 0.5) is 4.39 Å². The van der Waals surface area contributed by atoms with Crippen LogP contribution in [0, 0.1) is 11.2 Å². The molecule has 0 heterocycles. The Morgan fingerprint density at radius 2 is 2.17 bits per heavy atom. The number of carbonyl (C=O) groups is 1. The van der Waals surface area contributed by atoms with Crippen LogP contribution in [0.25, 0.3) is 0 Å². The summed E-state index contributed by atoms with van der Waals surface area (Å²) in [5.74, 6) is -1.71. The van der Waals surface area contributed by atoms with Gasteiger partial charge in [-0.15, -0.1) is 0 Å². The summed E-state index contributed by atoms with van der Waals surface area (Å²) in [7, 11) is 0. The van der Waals surface area contributed by atoms with E-state index in [0.29, 0.717) is 13.0 Å². The van der Waals surface area contributed by atoms with Gasteiger partial charge in [0.1, 0.15) is 17.1 Å². The molecule has 5 heteroatoms. The second kappa shape index (κ2) is 4.94. The monoisotopic (exact) mass is 253 g/mol. The number of aliphatic hydroxyl groups is 1. The van der Waals surface area contributed by atoms with Crippen LogP contribution in [0.2, 0.25) is 0 Å². The Morgan fingerprint density at radius 1 is 1.44 bits per heavy atom. The van der Waals surface area contributed by atoms with Gasteiger partial charge in [-0.3, -0.25) is 4.79 Å². The second-order valence-electron chi connectivity index (χ2n) is 4.79. The van der Waals surface area contributed by atoms with E-state index in [1.165, 1.54) is 12.1 Å². The van der Waals surface area contributed by atoms with Crippen molar-refractivity contribution in [3.05, 3.63) is 29.6 Å². The van der Waals surface area contributed by atoms with Crippen molar-refractivity contribution in [3.8, 4) is 5.75 Å². The van der Waals surface area contributed by atoms with Gasteiger partial charge in [-0.2, -0.15) is 0 Å². The van der Waals surface area contributed by atoms with Gasteiger partial charge in [0.25, 0.3) is 5.91 Å². The first-order valence-electron chi connectivity index (χ1n) is 5.94.